The Bertz CT molecular complexity index is 758. The molecule has 0 bridgehead atoms. The van der Waals surface area contributed by atoms with Crippen molar-refractivity contribution in [3.8, 4) is 0 Å². The number of anilines is 1. The Morgan fingerprint density at radius 2 is 1.89 bits per heavy atom. The van der Waals surface area contributed by atoms with Crippen molar-refractivity contribution in [1.82, 2.24) is 0 Å². The highest BCUT2D eigenvalue weighted by Gasteiger charge is 2.37. The molecule has 0 saturated carbocycles. The molecule has 0 atom stereocenters. The van der Waals surface area contributed by atoms with Crippen LogP contribution in [0.25, 0.3) is 0 Å². The summed E-state index contributed by atoms with van der Waals surface area (Å²) in [4.78, 5) is 15.0. The van der Waals surface area contributed by atoms with E-state index in [-0.39, 0.29) is 10.9 Å². The van der Waals surface area contributed by atoms with E-state index >= 15 is 0 Å². The lowest BCUT2D eigenvalue weighted by Gasteiger charge is -2.35. The highest BCUT2D eigenvalue weighted by molar-refractivity contribution is 6.74. The summed E-state index contributed by atoms with van der Waals surface area (Å²) in [6.07, 6.45) is 9.10. The van der Waals surface area contributed by atoms with E-state index in [4.69, 9.17) is 9.16 Å². The van der Waals surface area contributed by atoms with Gasteiger partial charge in [0.25, 0.3) is 5.91 Å². The molecule has 0 radical (unpaired) electrons. The molecule has 0 saturated heterocycles. The van der Waals surface area contributed by atoms with Gasteiger partial charge in [-0.1, -0.05) is 39.0 Å². The van der Waals surface area contributed by atoms with Gasteiger partial charge in [-0.15, -0.1) is 0 Å². The lowest BCUT2D eigenvalue weighted by molar-refractivity contribution is -0.115. The summed E-state index contributed by atoms with van der Waals surface area (Å²) in [5.74, 6) is 0.755. The van der Waals surface area contributed by atoms with Gasteiger partial charge in [-0.05, 0) is 61.3 Å². The van der Waals surface area contributed by atoms with Gasteiger partial charge in [0.2, 0.25) is 8.32 Å². The van der Waals surface area contributed by atoms with E-state index in [1.165, 1.54) is 0 Å². The fraction of sp³-hybridized carbons (Fsp3) is 0.435. The van der Waals surface area contributed by atoms with Crippen molar-refractivity contribution in [3.05, 3.63) is 66.2 Å². The van der Waals surface area contributed by atoms with E-state index in [1.807, 2.05) is 48.6 Å². The van der Waals surface area contributed by atoms with E-state index in [2.05, 4.69) is 33.9 Å². The molecule has 0 heterocycles. The fourth-order valence-corrected chi connectivity index (χ4v) is 3.40. The molecule has 1 aliphatic rings. The van der Waals surface area contributed by atoms with E-state index in [1.54, 1.807) is 18.3 Å². The third kappa shape index (κ3) is 5.61. The van der Waals surface area contributed by atoms with Gasteiger partial charge in [0.05, 0.1) is 13.4 Å². The van der Waals surface area contributed by atoms with Crippen LogP contribution >= 0.6 is 0 Å². The number of benzene rings is 1. The second-order valence-corrected chi connectivity index (χ2v) is 13.3. The molecule has 1 aliphatic carbocycles. The largest absolute Gasteiger partial charge is 0.549 e. The van der Waals surface area contributed by atoms with Crippen molar-refractivity contribution in [2.24, 2.45) is 0 Å². The molecular formula is C23H33NO3Si. The maximum atomic E-state index is 13.2. The SMILES string of the molecule is COC1=CCCC(C(=O)N(C/C=C/O[Si](C)(C)C(C)(C)C)c2ccccc2)=C1. The summed E-state index contributed by atoms with van der Waals surface area (Å²) in [6, 6.07) is 9.75. The van der Waals surface area contributed by atoms with Gasteiger partial charge in [-0.2, -0.15) is 0 Å². The molecule has 0 aromatic heterocycles. The molecule has 28 heavy (non-hydrogen) atoms. The van der Waals surface area contributed by atoms with Crippen LogP contribution in [0.1, 0.15) is 33.6 Å². The minimum Gasteiger partial charge on any atom is -0.549 e. The van der Waals surface area contributed by atoms with Crippen molar-refractivity contribution in [2.45, 2.75) is 51.7 Å². The van der Waals surface area contributed by atoms with Crippen molar-refractivity contribution < 1.29 is 14.0 Å². The lowest BCUT2D eigenvalue weighted by atomic mass is 10.0. The van der Waals surface area contributed by atoms with Gasteiger partial charge in [0.1, 0.15) is 5.76 Å². The lowest BCUT2D eigenvalue weighted by Crippen LogP contribution is -2.39. The van der Waals surface area contributed by atoms with Crippen LogP contribution in [0, 0.1) is 0 Å². The van der Waals surface area contributed by atoms with E-state index in [0.717, 1.165) is 29.9 Å². The molecule has 2 rings (SSSR count). The second kappa shape index (κ2) is 9.28. The first kappa shape index (κ1) is 22.0. The van der Waals surface area contributed by atoms with E-state index in [0.29, 0.717) is 6.54 Å². The molecule has 0 aliphatic heterocycles. The van der Waals surface area contributed by atoms with Gasteiger partial charge >= 0.3 is 0 Å². The first-order chi connectivity index (χ1) is 13.2. The Balaban J connectivity index is 2.18. The number of methoxy groups -OCH3 is 1. The predicted molar refractivity (Wildman–Crippen MR) is 119 cm³/mol. The van der Waals surface area contributed by atoms with Crippen LogP contribution in [0.3, 0.4) is 0 Å². The first-order valence-corrected chi connectivity index (χ1v) is 12.7. The highest BCUT2D eigenvalue weighted by Crippen LogP contribution is 2.36. The Kier molecular flexibility index (Phi) is 7.30. The minimum absolute atomic E-state index is 0.00539. The first-order valence-electron chi connectivity index (χ1n) is 9.80. The molecule has 1 aromatic carbocycles. The van der Waals surface area contributed by atoms with Gasteiger partial charge < -0.3 is 14.1 Å². The summed E-state index contributed by atoms with van der Waals surface area (Å²) in [7, 11) is -0.225. The number of amides is 1. The van der Waals surface area contributed by atoms with Gasteiger partial charge in [0, 0.05) is 17.8 Å². The highest BCUT2D eigenvalue weighted by atomic mass is 28.4. The van der Waals surface area contributed by atoms with Crippen LogP contribution < -0.4 is 4.90 Å². The van der Waals surface area contributed by atoms with Gasteiger partial charge in [-0.25, -0.2) is 0 Å². The zero-order valence-electron chi connectivity index (χ0n) is 18.0. The second-order valence-electron chi connectivity index (χ2n) is 8.52. The Labute approximate surface area is 170 Å². The third-order valence-electron chi connectivity index (χ3n) is 5.45. The number of allylic oxidation sites excluding steroid dienone is 2. The topological polar surface area (TPSA) is 38.8 Å². The number of nitrogens with zero attached hydrogens (tertiary/aromatic N) is 1. The number of hydrogen-bond donors (Lipinski definition) is 0. The molecule has 4 nitrogen and oxygen atoms in total. The van der Waals surface area contributed by atoms with Crippen LogP contribution in [0.4, 0.5) is 5.69 Å². The molecule has 5 heteroatoms. The summed E-state index contributed by atoms with van der Waals surface area (Å²) >= 11 is 0. The van der Waals surface area contributed by atoms with E-state index in [9.17, 15) is 4.79 Å². The maximum absolute atomic E-state index is 13.2. The molecular weight excluding hydrogens is 366 g/mol. The van der Waals surface area contributed by atoms with Crippen molar-refractivity contribution in [2.75, 3.05) is 18.6 Å². The fourth-order valence-electron chi connectivity index (χ4n) is 2.61. The smallest absolute Gasteiger partial charge is 0.254 e. The predicted octanol–water partition coefficient (Wildman–Crippen LogP) is 5.81. The molecule has 1 amide bonds. The van der Waals surface area contributed by atoms with Crippen LogP contribution in [0.5, 0.6) is 0 Å². The molecule has 0 unspecified atom stereocenters. The molecule has 1 aromatic rings. The molecule has 0 N–H and O–H groups in total. The average molecular weight is 400 g/mol. The Morgan fingerprint density at radius 3 is 2.50 bits per heavy atom. The number of rotatable bonds is 7. The van der Waals surface area contributed by atoms with Crippen molar-refractivity contribution >= 4 is 19.9 Å². The number of hydrogen-bond acceptors (Lipinski definition) is 3. The standard InChI is InChI=1S/C23H33NO3Si/c1-23(2,3)28(5,6)27-17-11-16-24(20-13-8-7-9-14-20)22(25)19-12-10-15-21(18-19)26-4/h7-9,11,13-15,17-18H,10,12,16H2,1-6H3/b17-11+. The number of carbonyl (C=O) groups excluding carboxylic acids is 1. The van der Waals surface area contributed by atoms with Crippen LogP contribution in [-0.4, -0.2) is 27.9 Å². The number of ether oxygens (including phenoxy) is 1. The number of carbonyl (C=O) groups is 1. The van der Waals surface area contributed by atoms with Gasteiger partial charge in [0.15, 0.2) is 0 Å². The molecule has 0 fully saturated rings. The van der Waals surface area contributed by atoms with Crippen LogP contribution in [0.15, 0.2) is 66.2 Å². The summed E-state index contributed by atoms with van der Waals surface area (Å²) < 4.78 is 11.4. The monoisotopic (exact) mass is 399 g/mol. The van der Waals surface area contributed by atoms with Crippen molar-refractivity contribution in [3.63, 3.8) is 0 Å². The summed E-state index contributed by atoms with van der Waals surface area (Å²) in [5, 5.41) is 0.141. The molecule has 152 valence electrons. The summed E-state index contributed by atoms with van der Waals surface area (Å²) in [5.41, 5.74) is 1.64. The average Bonchev–Trinajstić information content (AvgIpc) is 2.67. The van der Waals surface area contributed by atoms with Crippen molar-refractivity contribution in [1.29, 1.82) is 0 Å². The quantitative estimate of drug-likeness (QED) is 0.429. The zero-order valence-corrected chi connectivity index (χ0v) is 19.0. The van der Waals surface area contributed by atoms with Crippen LogP contribution in [0.2, 0.25) is 18.1 Å². The Hall–Kier alpha value is -2.27. The minimum atomic E-state index is -1.86. The maximum Gasteiger partial charge on any atom is 0.254 e. The molecule has 0 spiro atoms. The van der Waals surface area contributed by atoms with E-state index < -0.39 is 8.32 Å². The normalized spacial score (nSPS) is 15.1. The van der Waals surface area contributed by atoms with Crippen LogP contribution in [-0.2, 0) is 14.0 Å². The zero-order chi connectivity index (χ0) is 20.8. The Morgan fingerprint density at radius 1 is 1.21 bits per heavy atom. The number of para-hydroxylation sites is 1. The summed E-state index contributed by atoms with van der Waals surface area (Å²) in [6.45, 7) is 11.5. The van der Waals surface area contributed by atoms with Gasteiger partial charge in [-0.3, -0.25) is 4.79 Å². The third-order valence-corrected chi connectivity index (χ3v) is 9.79.